The highest BCUT2D eigenvalue weighted by Crippen LogP contribution is 2.20. The van der Waals surface area contributed by atoms with Gasteiger partial charge in [-0.05, 0) is 43.7 Å². The van der Waals surface area contributed by atoms with Gasteiger partial charge in [0.2, 0.25) is 0 Å². The number of piperidine rings is 1. The molecule has 2 fully saturated rings. The summed E-state index contributed by atoms with van der Waals surface area (Å²) in [6.07, 6.45) is 4.11. The van der Waals surface area contributed by atoms with Crippen molar-refractivity contribution in [3.8, 4) is 0 Å². The highest BCUT2D eigenvalue weighted by Gasteiger charge is 2.26. The third-order valence-corrected chi connectivity index (χ3v) is 4.70. The zero-order valence-electron chi connectivity index (χ0n) is 11.9. The van der Waals surface area contributed by atoms with Crippen molar-refractivity contribution in [2.75, 3.05) is 32.7 Å². The van der Waals surface area contributed by atoms with Gasteiger partial charge in [-0.15, -0.1) is 0 Å². The third-order valence-electron chi connectivity index (χ3n) is 4.32. The minimum absolute atomic E-state index is 0.352. The van der Waals surface area contributed by atoms with Crippen molar-refractivity contribution in [2.45, 2.75) is 25.3 Å². The number of nitrogens with one attached hydrogen (secondary N) is 1. The summed E-state index contributed by atoms with van der Waals surface area (Å²) in [7, 11) is 0. The number of benzene rings is 1. The van der Waals surface area contributed by atoms with Gasteiger partial charge in [-0.1, -0.05) is 36.8 Å². The van der Waals surface area contributed by atoms with E-state index in [1.807, 2.05) is 0 Å². The largest absolute Gasteiger partial charge is 0.354 e. The van der Waals surface area contributed by atoms with Crippen LogP contribution in [0.15, 0.2) is 30.3 Å². The fourth-order valence-electron chi connectivity index (χ4n) is 3.10. The van der Waals surface area contributed by atoms with Gasteiger partial charge in [-0.25, -0.2) is 0 Å². The molecule has 1 atom stereocenters. The lowest BCUT2D eigenvalue weighted by Gasteiger charge is -2.28. The van der Waals surface area contributed by atoms with E-state index in [0.717, 1.165) is 24.7 Å². The van der Waals surface area contributed by atoms with E-state index in [2.05, 4.69) is 45.4 Å². The first-order valence-electron chi connectivity index (χ1n) is 7.66. The van der Waals surface area contributed by atoms with Crippen LogP contribution >= 0.6 is 12.2 Å². The van der Waals surface area contributed by atoms with Gasteiger partial charge in [-0.2, -0.15) is 0 Å². The van der Waals surface area contributed by atoms with E-state index in [0.29, 0.717) is 6.04 Å². The molecule has 2 saturated heterocycles. The molecule has 1 unspecified atom stereocenters. The Morgan fingerprint density at radius 3 is 2.55 bits per heavy atom. The van der Waals surface area contributed by atoms with Crippen molar-refractivity contribution in [1.29, 1.82) is 0 Å². The van der Waals surface area contributed by atoms with Crippen LogP contribution in [-0.2, 0) is 0 Å². The molecule has 0 bridgehead atoms. The smallest absolute Gasteiger partial charge is 0.169 e. The first kappa shape index (κ1) is 13.8. The molecule has 0 amide bonds. The van der Waals surface area contributed by atoms with Crippen molar-refractivity contribution in [3.63, 3.8) is 0 Å². The standard InChI is InChI=1S/C16H23N3S/c20-16-17-15(14-7-3-1-4-8-14)13-19(16)12-11-18-9-5-2-6-10-18/h1,3-4,7-8,15H,2,5-6,9-13H2,(H,17,20). The molecule has 20 heavy (non-hydrogen) atoms. The summed E-state index contributed by atoms with van der Waals surface area (Å²) in [5.74, 6) is 0. The van der Waals surface area contributed by atoms with Crippen molar-refractivity contribution >= 4 is 17.3 Å². The number of hydrogen-bond acceptors (Lipinski definition) is 2. The lowest BCUT2D eigenvalue weighted by Crippen LogP contribution is -2.39. The molecule has 3 rings (SSSR count). The number of nitrogens with zero attached hydrogens (tertiary/aromatic N) is 2. The van der Waals surface area contributed by atoms with Gasteiger partial charge in [0, 0.05) is 19.6 Å². The second kappa shape index (κ2) is 6.55. The summed E-state index contributed by atoms with van der Waals surface area (Å²) < 4.78 is 0. The van der Waals surface area contributed by atoms with E-state index < -0.39 is 0 Å². The van der Waals surface area contributed by atoms with Crippen LogP contribution in [0.4, 0.5) is 0 Å². The van der Waals surface area contributed by atoms with Gasteiger partial charge < -0.3 is 15.1 Å². The fourth-order valence-corrected chi connectivity index (χ4v) is 3.41. The number of thiocarbonyl (C=S) groups is 1. The van der Waals surface area contributed by atoms with Crippen molar-refractivity contribution in [2.24, 2.45) is 0 Å². The molecule has 1 aromatic carbocycles. The van der Waals surface area contributed by atoms with E-state index in [-0.39, 0.29) is 0 Å². The van der Waals surface area contributed by atoms with E-state index in [4.69, 9.17) is 12.2 Å². The minimum atomic E-state index is 0.352. The molecule has 0 aliphatic carbocycles. The monoisotopic (exact) mass is 289 g/mol. The molecule has 0 spiro atoms. The van der Waals surface area contributed by atoms with Crippen LogP contribution in [0.1, 0.15) is 30.9 Å². The number of rotatable bonds is 4. The molecule has 3 nitrogen and oxygen atoms in total. The zero-order chi connectivity index (χ0) is 13.8. The third kappa shape index (κ3) is 3.30. The highest BCUT2D eigenvalue weighted by atomic mass is 32.1. The van der Waals surface area contributed by atoms with Gasteiger partial charge in [0.05, 0.1) is 6.04 Å². The Labute approximate surface area is 126 Å². The molecule has 4 heteroatoms. The van der Waals surface area contributed by atoms with Crippen molar-refractivity contribution in [3.05, 3.63) is 35.9 Å². The Hall–Kier alpha value is -1.13. The lowest BCUT2D eigenvalue weighted by molar-refractivity contribution is 0.213. The van der Waals surface area contributed by atoms with Gasteiger partial charge in [-0.3, -0.25) is 0 Å². The van der Waals surface area contributed by atoms with E-state index >= 15 is 0 Å². The van der Waals surface area contributed by atoms with Crippen LogP contribution in [-0.4, -0.2) is 47.6 Å². The molecule has 0 aromatic heterocycles. The van der Waals surface area contributed by atoms with Crippen LogP contribution < -0.4 is 5.32 Å². The summed E-state index contributed by atoms with van der Waals surface area (Å²) in [6, 6.07) is 10.9. The first-order valence-corrected chi connectivity index (χ1v) is 8.06. The predicted octanol–water partition coefficient (Wildman–Crippen LogP) is 2.40. The van der Waals surface area contributed by atoms with Crippen molar-refractivity contribution in [1.82, 2.24) is 15.1 Å². The predicted molar refractivity (Wildman–Crippen MR) is 86.8 cm³/mol. The van der Waals surface area contributed by atoms with E-state index in [1.54, 1.807) is 0 Å². The molecule has 0 saturated carbocycles. The topological polar surface area (TPSA) is 18.5 Å². The van der Waals surface area contributed by atoms with Gasteiger partial charge in [0.25, 0.3) is 0 Å². The van der Waals surface area contributed by atoms with E-state index in [1.165, 1.54) is 37.9 Å². The second-order valence-electron chi connectivity index (χ2n) is 5.76. The Morgan fingerprint density at radius 1 is 1.05 bits per heavy atom. The molecule has 1 N–H and O–H groups in total. The molecule has 108 valence electrons. The van der Waals surface area contributed by atoms with Crippen molar-refractivity contribution < 1.29 is 0 Å². The normalized spacial score (nSPS) is 23.9. The summed E-state index contributed by atoms with van der Waals surface area (Å²) in [5.41, 5.74) is 1.33. The van der Waals surface area contributed by atoms with E-state index in [9.17, 15) is 0 Å². The number of likely N-dealkylation sites (tertiary alicyclic amines) is 1. The Morgan fingerprint density at radius 2 is 1.80 bits per heavy atom. The fraction of sp³-hybridized carbons (Fsp3) is 0.562. The molecule has 2 aliphatic rings. The molecule has 2 heterocycles. The molecule has 2 aliphatic heterocycles. The molecular formula is C16H23N3S. The summed E-state index contributed by atoms with van der Waals surface area (Å²) in [5, 5.41) is 4.36. The average molecular weight is 289 g/mol. The Balaban J connectivity index is 1.52. The second-order valence-corrected chi connectivity index (χ2v) is 6.15. The lowest BCUT2D eigenvalue weighted by atomic mass is 10.1. The maximum absolute atomic E-state index is 5.48. The number of hydrogen-bond donors (Lipinski definition) is 1. The summed E-state index contributed by atoms with van der Waals surface area (Å²) >= 11 is 5.48. The molecule has 0 radical (unpaired) electrons. The summed E-state index contributed by atoms with van der Waals surface area (Å²) in [4.78, 5) is 4.89. The van der Waals surface area contributed by atoms with Crippen LogP contribution in [0.3, 0.4) is 0 Å². The Kier molecular flexibility index (Phi) is 4.53. The minimum Gasteiger partial charge on any atom is -0.354 e. The Bertz CT molecular complexity index is 442. The van der Waals surface area contributed by atoms with Crippen LogP contribution in [0, 0.1) is 0 Å². The molecular weight excluding hydrogens is 266 g/mol. The SMILES string of the molecule is S=C1NC(c2ccccc2)CN1CCN1CCCCC1. The maximum Gasteiger partial charge on any atom is 0.169 e. The van der Waals surface area contributed by atoms with Gasteiger partial charge >= 0.3 is 0 Å². The maximum atomic E-state index is 5.48. The van der Waals surface area contributed by atoms with Crippen LogP contribution in [0.25, 0.3) is 0 Å². The quantitative estimate of drug-likeness (QED) is 0.858. The average Bonchev–Trinajstić information content (AvgIpc) is 2.88. The van der Waals surface area contributed by atoms with Gasteiger partial charge in [0.1, 0.15) is 0 Å². The summed E-state index contributed by atoms with van der Waals surface area (Å²) in [6.45, 7) is 5.71. The van der Waals surface area contributed by atoms with Crippen LogP contribution in [0.5, 0.6) is 0 Å². The van der Waals surface area contributed by atoms with Crippen LogP contribution in [0.2, 0.25) is 0 Å². The zero-order valence-corrected chi connectivity index (χ0v) is 12.7. The first-order chi connectivity index (χ1) is 9.83. The highest BCUT2D eigenvalue weighted by molar-refractivity contribution is 7.80. The van der Waals surface area contributed by atoms with Gasteiger partial charge in [0.15, 0.2) is 5.11 Å². The molecule has 1 aromatic rings.